The Morgan fingerprint density at radius 2 is 1.61 bits per heavy atom. The van der Waals surface area contributed by atoms with Crippen LogP contribution in [0.5, 0.6) is 0 Å². The first-order valence-electron chi connectivity index (χ1n) is 10.0. The quantitative estimate of drug-likeness (QED) is 0.416. The number of amides is 3. The normalized spacial score (nSPS) is 13.5. The van der Waals surface area contributed by atoms with E-state index < -0.39 is 11.8 Å². The predicted octanol–water partition coefficient (Wildman–Crippen LogP) is 5.75. The van der Waals surface area contributed by atoms with Crippen molar-refractivity contribution in [1.82, 2.24) is 0 Å². The van der Waals surface area contributed by atoms with E-state index in [0.717, 1.165) is 20.5 Å². The van der Waals surface area contributed by atoms with E-state index >= 15 is 0 Å². The van der Waals surface area contributed by atoms with Crippen LogP contribution in [0.4, 0.5) is 17.1 Å². The first-order valence-corrected chi connectivity index (χ1v) is 11.2. The van der Waals surface area contributed by atoms with Gasteiger partial charge in [0.2, 0.25) is 0 Å². The summed E-state index contributed by atoms with van der Waals surface area (Å²) in [4.78, 5) is 39.3. The number of hydrogen-bond acceptors (Lipinski definition) is 4. The molecule has 3 aromatic carbocycles. The Morgan fingerprint density at radius 1 is 0.879 bits per heavy atom. The number of anilines is 3. The number of imide groups is 1. The summed E-state index contributed by atoms with van der Waals surface area (Å²) in [5.74, 6) is -1.49. The number of aryl methyl sites for hydroxylation is 2. The lowest BCUT2D eigenvalue weighted by molar-refractivity contribution is -0.120. The van der Waals surface area contributed by atoms with Crippen LogP contribution >= 0.6 is 27.5 Å². The van der Waals surface area contributed by atoms with Gasteiger partial charge in [0.25, 0.3) is 17.7 Å². The third-order valence-corrected chi connectivity index (χ3v) is 6.15. The van der Waals surface area contributed by atoms with Crippen molar-refractivity contribution < 1.29 is 14.4 Å². The van der Waals surface area contributed by atoms with Gasteiger partial charge in [-0.25, -0.2) is 4.90 Å². The van der Waals surface area contributed by atoms with Gasteiger partial charge in [-0.3, -0.25) is 14.4 Å². The highest BCUT2D eigenvalue weighted by molar-refractivity contribution is 9.10. The molecule has 4 rings (SSSR count). The molecule has 8 heteroatoms. The zero-order valence-electron chi connectivity index (χ0n) is 17.8. The van der Waals surface area contributed by atoms with E-state index in [4.69, 9.17) is 11.6 Å². The molecule has 33 heavy (non-hydrogen) atoms. The summed E-state index contributed by atoms with van der Waals surface area (Å²) in [6.07, 6.45) is 0. The fourth-order valence-corrected chi connectivity index (χ4v) is 3.82. The number of halogens is 2. The van der Waals surface area contributed by atoms with Crippen molar-refractivity contribution in [1.29, 1.82) is 0 Å². The lowest BCUT2D eigenvalue weighted by Crippen LogP contribution is -2.32. The Bertz CT molecular complexity index is 1320. The zero-order chi connectivity index (χ0) is 23.7. The number of nitrogens with one attached hydrogen (secondary N) is 2. The minimum Gasteiger partial charge on any atom is -0.350 e. The molecular weight excluding hydrogens is 506 g/mol. The van der Waals surface area contributed by atoms with Crippen molar-refractivity contribution in [3.63, 3.8) is 0 Å². The van der Waals surface area contributed by atoms with E-state index in [2.05, 4.69) is 26.6 Å². The highest BCUT2D eigenvalue weighted by Gasteiger charge is 2.38. The zero-order valence-corrected chi connectivity index (χ0v) is 20.1. The van der Waals surface area contributed by atoms with Crippen molar-refractivity contribution in [2.75, 3.05) is 15.5 Å². The Hall–Kier alpha value is -3.42. The smallest absolute Gasteiger partial charge is 0.283 e. The molecule has 0 unspecified atom stereocenters. The SMILES string of the molecule is Cc1ccc(NC(=O)c2cccc(NC3=C(Cl)C(=O)N(c4ccc(Br)cc4)C3=O)c2)cc1C. The summed E-state index contributed by atoms with van der Waals surface area (Å²) < 4.78 is 0.818. The Kier molecular flexibility index (Phi) is 6.35. The van der Waals surface area contributed by atoms with Crippen molar-refractivity contribution in [3.05, 3.63) is 98.6 Å². The van der Waals surface area contributed by atoms with Gasteiger partial charge in [-0.1, -0.05) is 39.7 Å². The molecule has 0 aromatic heterocycles. The number of carbonyl (C=O) groups is 3. The standard InChI is InChI=1S/C25H19BrClN3O3/c1-14-6-9-19(12-15(14)2)29-23(31)16-4-3-5-18(13-16)28-22-21(27)24(32)30(25(22)33)20-10-7-17(26)8-11-20/h3-13,28H,1-2H3,(H,29,31). The second kappa shape index (κ2) is 9.21. The molecule has 0 aliphatic carbocycles. The molecule has 0 saturated heterocycles. The average molecular weight is 525 g/mol. The Morgan fingerprint density at radius 3 is 2.30 bits per heavy atom. The fourth-order valence-electron chi connectivity index (χ4n) is 3.34. The van der Waals surface area contributed by atoms with Gasteiger partial charge in [-0.05, 0) is 79.6 Å². The summed E-state index contributed by atoms with van der Waals surface area (Å²) in [6, 6.07) is 19.0. The second-order valence-corrected chi connectivity index (χ2v) is 8.86. The maximum Gasteiger partial charge on any atom is 0.283 e. The van der Waals surface area contributed by atoms with E-state index in [1.807, 2.05) is 32.0 Å². The van der Waals surface area contributed by atoms with E-state index in [0.29, 0.717) is 22.6 Å². The van der Waals surface area contributed by atoms with Crippen LogP contribution in [0, 0.1) is 13.8 Å². The molecule has 1 aliphatic heterocycles. The number of carbonyl (C=O) groups excluding carboxylic acids is 3. The first-order chi connectivity index (χ1) is 15.7. The van der Waals surface area contributed by atoms with E-state index in [1.54, 1.807) is 48.5 Å². The van der Waals surface area contributed by atoms with Crippen LogP contribution in [0.15, 0.2) is 81.9 Å². The van der Waals surface area contributed by atoms with Crippen LogP contribution in [0.25, 0.3) is 0 Å². The average Bonchev–Trinajstić information content (AvgIpc) is 3.00. The monoisotopic (exact) mass is 523 g/mol. The van der Waals surface area contributed by atoms with Gasteiger partial charge in [0.1, 0.15) is 10.7 Å². The molecule has 3 amide bonds. The molecule has 0 saturated carbocycles. The third kappa shape index (κ3) is 4.69. The van der Waals surface area contributed by atoms with Crippen LogP contribution in [0.1, 0.15) is 21.5 Å². The molecule has 0 radical (unpaired) electrons. The van der Waals surface area contributed by atoms with Crippen molar-refractivity contribution in [2.45, 2.75) is 13.8 Å². The van der Waals surface area contributed by atoms with Crippen LogP contribution in [0.3, 0.4) is 0 Å². The van der Waals surface area contributed by atoms with Gasteiger partial charge in [0, 0.05) is 21.4 Å². The molecule has 166 valence electrons. The molecule has 2 N–H and O–H groups in total. The maximum atomic E-state index is 12.9. The third-order valence-electron chi connectivity index (χ3n) is 5.27. The summed E-state index contributed by atoms with van der Waals surface area (Å²) in [5, 5.41) is 5.56. The van der Waals surface area contributed by atoms with Crippen LogP contribution < -0.4 is 15.5 Å². The summed E-state index contributed by atoms with van der Waals surface area (Å²) >= 11 is 9.53. The Labute approximate surface area is 204 Å². The Balaban J connectivity index is 1.53. The minimum absolute atomic E-state index is 0.0451. The summed E-state index contributed by atoms with van der Waals surface area (Å²) in [6.45, 7) is 3.98. The predicted molar refractivity (Wildman–Crippen MR) is 133 cm³/mol. The highest BCUT2D eigenvalue weighted by atomic mass is 79.9. The number of rotatable bonds is 5. The molecule has 3 aromatic rings. The molecule has 0 spiro atoms. The van der Waals surface area contributed by atoms with E-state index in [9.17, 15) is 14.4 Å². The molecule has 6 nitrogen and oxygen atoms in total. The van der Waals surface area contributed by atoms with Crippen LogP contribution in [-0.2, 0) is 9.59 Å². The molecule has 1 aliphatic rings. The first kappa shape index (κ1) is 22.8. The minimum atomic E-state index is -0.616. The second-order valence-electron chi connectivity index (χ2n) is 7.57. The van der Waals surface area contributed by atoms with Gasteiger partial charge >= 0.3 is 0 Å². The molecular formula is C25H19BrClN3O3. The molecule has 0 bridgehead atoms. The highest BCUT2D eigenvalue weighted by Crippen LogP contribution is 2.31. The largest absolute Gasteiger partial charge is 0.350 e. The lowest BCUT2D eigenvalue weighted by atomic mass is 10.1. The summed E-state index contributed by atoms with van der Waals surface area (Å²) in [5.41, 5.74) is 4.10. The number of hydrogen-bond donors (Lipinski definition) is 2. The van der Waals surface area contributed by atoms with E-state index in [-0.39, 0.29) is 16.6 Å². The van der Waals surface area contributed by atoms with Crippen molar-refractivity contribution in [2.24, 2.45) is 0 Å². The van der Waals surface area contributed by atoms with Gasteiger partial charge in [0.05, 0.1) is 5.69 Å². The van der Waals surface area contributed by atoms with Crippen molar-refractivity contribution >= 4 is 62.3 Å². The molecule has 0 atom stereocenters. The van der Waals surface area contributed by atoms with E-state index in [1.165, 1.54) is 0 Å². The van der Waals surface area contributed by atoms with Gasteiger partial charge < -0.3 is 10.6 Å². The maximum absolute atomic E-state index is 12.9. The number of nitrogens with zero attached hydrogens (tertiary/aromatic N) is 1. The van der Waals surface area contributed by atoms with Gasteiger partial charge in [-0.15, -0.1) is 0 Å². The summed E-state index contributed by atoms with van der Waals surface area (Å²) in [7, 11) is 0. The van der Waals surface area contributed by atoms with Crippen LogP contribution in [0.2, 0.25) is 0 Å². The van der Waals surface area contributed by atoms with Crippen LogP contribution in [-0.4, -0.2) is 17.7 Å². The number of benzene rings is 3. The fraction of sp³-hybridized carbons (Fsp3) is 0.0800. The topological polar surface area (TPSA) is 78.5 Å². The molecule has 0 fully saturated rings. The van der Waals surface area contributed by atoms with Gasteiger partial charge in [0.15, 0.2) is 0 Å². The lowest BCUT2D eigenvalue weighted by Gasteiger charge is -2.15. The molecule has 1 heterocycles. The van der Waals surface area contributed by atoms with Crippen molar-refractivity contribution in [3.8, 4) is 0 Å². The van der Waals surface area contributed by atoms with Gasteiger partial charge in [-0.2, -0.15) is 0 Å².